The van der Waals surface area contributed by atoms with Gasteiger partial charge in [0.1, 0.15) is 17.7 Å². The molecule has 0 N–H and O–H groups in total. The van der Waals surface area contributed by atoms with Crippen LogP contribution in [-0.4, -0.2) is 9.55 Å². The molecule has 7 rings (SSSR count). The van der Waals surface area contributed by atoms with Crippen LogP contribution >= 0.6 is 0 Å². The molecule has 7 aromatic rings. The van der Waals surface area contributed by atoms with Gasteiger partial charge in [-0.2, -0.15) is 0 Å². The summed E-state index contributed by atoms with van der Waals surface area (Å²) in [4.78, 5) is 5.24. The van der Waals surface area contributed by atoms with Crippen LogP contribution in [0.25, 0.3) is 61.3 Å². The molecule has 0 aliphatic carbocycles. The number of nitrogens with zero attached hydrogens (tertiary/aromatic N) is 2. The van der Waals surface area contributed by atoms with Gasteiger partial charge in [-0.1, -0.05) is 111 Å². The molecule has 40 heavy (non-hydrogen) atoms. The highest BCUT2D eigenvalue weighted by Crippen LogP contribution is 2.41. The van der Waals surface area contributed by atoms with Gasteiger partial charge in [0.2, 0.25) is 0 Å². The van der Waals surface area contributed by atoms with Gasteiger partial charge in [0, 0.05) is 16.5 Å². The van der Waals surface area contributed by atoms with Crippen LogP contribution in [0.4, 0.5) is 0 Å². The molecule has 0 amide bonds. The summed E-state index contributed by atoms with van der Waals surface area (Å²) in [6.45, 7) is 4.51. The summed E-state index contributed by atoms with van der Waals surface area (Å²) in [5.74, 6) is 1.45. The Hall–Kier alpha value is -4.89. The molecule has 0 fully saturated rings. The summed E-state index contributed by atoms with van der Waals surface area (Å²) in [6, 6.07) is 42.8. The van der Waals surface area contributed by atoms with Gasteiger partial charge in [-0.25, -0.2) is 4.98 Å². The Labute approximate surface area is 234 Å². The van der Waals surface area contributed by atoms with Gasteiger partial charge in [-0.05, 0) is 53.3 Å². The molecule has 0 saturated heterocycles. The fourth-order valence-corrected chi connectivity index (χ4v) is 5.77. The van der Waals surface area contributed by atoms with Gasteiger partial charge < -0.3 is 4.42 Å². The summed E-state index contributed by atoms with van der Waals surface area (Å²) < 4.78 is 8.46. The molecule has 5 aromatic carbocycles. The van der Waals surface area contributed by atoms with Gasteiger partial charge >= 0.3 is 0 Å². The quantitative estimate of drug-likeness (QED) is 0.219. The lowest BCUT2D eigenvalue weighted by Gasteiger charge is -2.19. The number of fused-ring (bicyclic) bond motifs is 2. The third-order valence-electron chi connectivity index (χ3n) is 7.51. The van der Waals surface area contributed by atoms with Crippen LogP contribution in [0.3, 0.4) is 0 Å². The van der Waals surface area contributed by atoms with Crippen molar-refractivity contribution in [3.63, 3.8) is 0 Å². The van der Waals surface area contributed by atoms with Crippen molar-refractivity contribution in [2.75, 3.05) is 0 Å². The lowest BCUT2D eigenvalue weighted by Crippen LogP contribution is -2.03. The first-order valence-corrected chi connectivity index (χ1v) is 13.9. The van der Waals surface area contributed by atoms with Crippen molar-refractivity contribution < 1.29 is 4.42 Å². The Bertz CT molecular complexity index is 1890. The minimum absolute atomic E-state index is 0.573. The number of rotatable bonds is 6. The smallest absolute Gasteiger partial charge is 0.149 e. The molecule has 194 valence electrons. The molecule has 0 spiro atoms. The zero-order valence-corrected chi connectivity index (χ0v) is 22.7. The Morgan fingerprint density at radius 2 is 1.32 bits per heavy atom. The first kappa shape index (κ1) is 24.2. The molecule has 0 unspecified atom stereocenters. The van der Waals surface area contributed by atoms with Crippen LogP contribution in [-0.2, 0) is 6.42 Å². The second-order valence-corrected chi connectivity index (χ2v) is 10.8. The van der Waals surface area contributed by atoms with Crippen LogP contribution in [0.15, 0.2) is 132 Å². The minimum Gasteiger partial charge on any atom is -0.464 e. The van der Waals surface area contributed by atoms with E-state index in [4.69, 9.17) is 9.40 Å². The van der Waals surface area contributed by atoms with E-state index in [9.17, 15) is 0 Å². The summed E-state index contributed by atoms with van der Waals surface area (Å²) >= 11 is 0. The molecule has 2 aromatic heterocycles. The number of benzene rings is 5. The van der Waals surface area contributed by atoms with Crippen molar-refractivity contribution in [3.05, 3.63) is 133 Å². The van der Waals surface area contributed by atoms with Gasteiger partial charge in [0.05, 0.1) is 22.3 Å². The molecule has 0 radical (unpaired) electrons. The molecule has 0 aliphatic heterocycles. The molecular formula is C37H30N2O. The monoisotopic (exact) mass is 518 g/mol. The van der Waals surface area contributed by atoms with E-state index in [1.807, 2.05) is 6.26 Å². The molecule has 0 aliphatic rings. The number of hydrogen-bond donors (Lipinski definition) is 0. The maximum Gasteiger partial charge on any atom is 0.149 e. The first-order chi connectivity index (χ1) is 19.7. The molecule has 3 heteroatoms. The molecular weight excluding hydrogens is 488 g/mol. The second-order valence-electron chi connectivity index (χ2n) is 10.8. The van der Waals surface area contributed by atoms with Crippen LogP contribution in [0.5, 0.6) is 0 Å². The maximum atomic E-state index is 6.13. The lowest BCUT2D eigenvalue weighted by molar-refractivity contribution is 0.615. The van der Waals surface area contributed by atoms with Crippen LogP contribution in [0.2, 0.25) is 0 Å². The number of para-hydroxylation sites is 3. The Kier molecular flexibility index (Phi) is 6.05. The average molecular weight is 519 g/mol. The fourth-order valence-electron chi connectivity index (χ4n) is 5.77. The zero-order chi connectivity index (χ0) is 27.1. The van der Waals surface area contributed by atoms with Gasteiger partial charge in [0.15, 0.2) is 0 Å². The highest BCUT2D eigenvalue weighted by atomic mass is 16.3. The molecule has 0 atom stereocenters. The summed E-state index contributed by atoms with van der Waals surface area (Å²) in [5, 5.41) is 1.09. The van der Waals surface area contributed by atoms with Gasteiger partial charge in [0.25, 0.3) is 0 Å². The van der Waals surface area contributed by atoms with E-state index < -0.39 is 0 Å². The number of imidazole rings is 1. The Morgan fingerprint density at radius 3 is 2.00 bits per heavy atom. The summed E-state index contributed by atoms with van der Waals surface area (Å²) in [5.41, 5.74) is 10.9. The van der Waals surface area contributed by atoms with E-state index >= 15 is 0 Å². The third kappa shape index (κ3) is 4.20. The topological polar surface area (TPSA) is 31.0 Å². The summed E-state index contributed by atoms with van der Waals surface area (Å²) in [6.07, 6.45) is 2.89. The predicted molar refractivity (Wildman–Crippen MR) is 166 cm³/mol. The highest BCUT2D eigenvalue weighted by Gasteiger charge is 2.23. The Balaban J connectivity index is 1.58. The van der Waals surface area contributed by atoms with Gasteiger partial charge in [-0.3, -0.25) is 4.57 Å². The summed E-state index contributed by atoms with van der Waals surface area (Å²) in [7, 11) is 0. The van der Waals surface area contributed by atoms with Crippen LogP contribution in [0.1, 0.15) is 19.4 Å². The average Bonchev–Trinajstić information content (AvgIpc) is 3.58. The molecule has 0 bridgehead atoms. The minimum atomic E-state index is 0.573. The molecule has 3 nitrogen and oxygen atoms in total. The van der Waals surface area contributed by atoms with Gasteiger partial charge in [-0.15, -0.1) is 0 Å². The van der Waals surface area contributed by atoms with E-state index in [0.717, 1.165) is 67.8 Å². The van der Waals surface area contributed by atoms with Crippen molar-refractivity contribution in [1.82, 2.24) is 9.55 Å². The second kappa shape index (κ2) is 10.0. The maximum absolute atomic E-state index is 6.13. The fraction of sp³-hybridized carbons (Fsp3) is 0.108. The van der Waals surface area contributed by atoms with E-state index in [-0.39, 0.29) is 0 Å². The normalized spacial score (nSPS) is 11.6. The first-order valence-electron chi connectivity index (χ1n) is 13.9. The van der Waals surface area contributed by atoms with Crippen molar-refractivity contribution in [1.29, 1.82) is 0 Å². The highest BCUT2D eigenvalue weighted by molar-refractivity contribution is 5.98. The van der Waals surface area contributed by atoms with Crippen LogP contribution in [0, 0.1) is 5.92 Å². The van der Waals surface area contributed by atoms with E-state index in [0.29, 0.717) is 5.92 Å². The van der Waals surface area contributed by atoms with Crippen LogP contribution < -0.4 is 0 Å². The molecule has 0 saturated carbocycles. The SMILES string of the molecule is CC(C)Cc1ccc2occ(-c3nc4ccccc4n3-c3c(-c4ccccc4)cccc3-c3ccccc3)c2c1. The number of aromatic nitrogens is 2. The van der Waals surface area contributed by atoms with E-state index in [2.05, 4.69) is 140 Å². The number of hydrogen-bond acceptors (Lipinski definition) is 2. The van der Waals surface area contributed by atoms with E-state index in [1.54, 1.807) is 0 Å². The number of furan rings is 1. The van der Waals surface area contributed by atoms with Crippen molar-refractivity contribution in [2.24, 2.45) is 5.92 Å². The predicted octanol–water partition coefficient (Wildman–Crippen LogP) is 9.97. The largest absolute Gasteiger partial charge is 0.464 e. The van der Waals surface area contributed by atoms with Crippen molar-refractivity contribution >= 4 is 22.0 Å². The molecule has 2 heterocycles. The van der Waals surface area contributed by atoms with E-state index in [1.165, 1.54) is 5.56 Å². The standard InChI is InChI=1S/C37H30N2O/c1-25(2)22-26-20-21-35-31(23-26)32(24-40-35)37-38-33-18-9-10-19-34(33)39(37)36-29(27-12-5-3-6-13-27)16-11-17-30(36)28-14-7-4-8-15-28/h3-21,23-25H,22H2,1-2H3. The van der Waals surface area contributed by atoms with Crippen molar-refractivity contribution in [3.8, 4) is 39.3 Å². The van der Waals surface area contributed by atoms with Crippen molar-refractivity contribution in [2.45, 2.75) is 20.3 Å². The Morgan fingerprint density at radius 1 is 0.675 bits per heavy atom. The zero-order valence-electron chi connectivity index (χ0n) is 22.7. The third-order valence-corrected chi connectivity index (χ3v) is 7.51. The lowest BCUT2D eigenvalue weighted by atomic mass is 9.95.